The van der Waals surface area contributed by atoms with E-state index in [1.807, 2.05) is 194 Å². The molecule has 2 aliphatic heterocycles. The molecule has 0 aromatic heterocycles. The summed E-state index contributed by atoms with van der Waals surface area (Å²) in [5, 5.41) is 22.2. The number of hydrogen-bond donors (Lipinski definition) is 0. The molecule has 23 atom stereocenters. The molecule has 4 nitrogen and oxygen atoms in total. The van der Waals surface area contributed by atoms with Crippen molar-refractivity contribution in [2.24, 2.45) is 28.1 Å². The molecule has 0 N–H and O–H groups in total. The maximum absolute atomic E-state index is 12.3. The molecule has 11 aromatic rings. The summed E-state index contributed by atoms with van der Waals surface area (Å²) in [5.41, 5.74) is 54.1. The number of aldehydes is 1. The molecule has 35 rings (SSSR count). The zero-order chi connectivity index (χ0) is 68.9. The molecule has 22 unspecified atom stereocenters. The molecule has 11 aromatic carbocycles. The van der Waals surface area contributed by atoms with E-state index in [0.717, 1.165) is 119 Å². The number of fused-ring (bicyclic) bond motifs is 4. The van der Waals surface area contributed by atoms with Crippen molar-refractivity contribution in [1.29, 1.82) is 0 Å². The van der Waals surface area contributed by atoms with Crippen LogP contribution in [0.2, 0.25) is 0 Å². The maximum atomic E-state index is 12.3. The number of carbonyl (C=O) groups excluding carboxylic acids is 1. The zero-order valence-corrected chi connectivity index (χ0v) is 64.5. The Morgan fingerprint density at radius 2 is 1.01 bits per heavy atom. The van der Waals surface area contributed by atoms with Gasteiger partial charge in [0.1, 0.15) is 6.29 Å². The molecule has 7 bridgehead atoms. The molecule has 109 heavy (non-hydrogen) atoms. The molecular formula is C104H86IN3O. The molecule has 530 valence electrons. The molecule has 0 amide bonds. The van der Waals surface area contributed by atoms with Crippen LogP contribution in [0.1, 0.15) is 348 Å². The Kier molecular flexibility index (Phi) is 8.79. The third-order valence-electron chi connectivity index (χ3n) is 40.8. The van der Waals surface area contributed by atoms with Crippen molar-refractivity contribution in [3.8, 4) is 22.3 Å². The van der Waals surface area contributed by atoms with E-state index in [4.69, 9.17) is 0 Å². The van der Waals surface area contributed by atoms with Gasteiger partial charge in [-0.05, 0) is 496 Å². The van der Waals surface area contributed by atoms with Crippen molar-refractivity contribution in [3.05, 3.63) is 201 Å². The summed E-state index contributed by atoms with van der Waals surface area (Å²) in [4.78, 5) is 21.0. The van der Waals surface area contributed by atoms with E-state index < -0.39 is 0 Å². The molecule has 1 saturated carbocycles. The number of carbonyl (C=O) groups is 1. The van der Waals surface area contributed by atoms with Gasteiger partial charge in [-0.25, -0.2) is 0 Å². The van der Waals surface area contributed by atoms with E-state index in [1.54, 1.807) is 16.5 Å². The Hall–Kier alpha value is -6.90. The number of hydrogen-bond acceptors (Lipinski definition) is 4. The molecular weight excluding hydrogens is 1430 g/mol. The number of piperidine rings is 1. The second kappa shape index (κ2) is 17.0. The van der Waals surface area contributed by atoms with Crippen molar-refractivity contribution < 1.29 is 4.79 Å². The van der Waals surface area contributed by atoms with Crippen molar-refractivity contribution in [2.75, 3.05) is 35.5 Å². The first-order valence-corrected chi connectivity index (χ1v) is 46.3. The van der Waals surface area contributed by atoms with Gasteiger partial charge >= 0.3 is 0 Å². The van der Waals surface area contributed by atoms with Gasteiger partial charge in [0, 0.05) is 79.1 Å². The van der Waals surface area contributed by atoms with Crippen LogP contribution in [-0.4, -0.2) is 46.7 Å². The topological polar surface area (TPSA) is 26.8 Å². The summed E-state index contributed by atoms with van der Waals surface area (Å²) >= 11 is 2.78. The predicted molar refractivity (Wildman–Crippen MR) is 442 cm³/mol. The van der Waals surface area contributed by atoms with Crippen LogP contribution in [-0.2, 0) is 19.5 Å². The van der Waals surface area contributed by atoms with Crippen LogP contribution in [0.3, 0.4) is 0 Å². The lowest BCUT2D eigenvalue weighted by atomic mass is 9.31. The Balaban J connectivity index is 0.471. The van der Waals surface area contributed by atoms with Crippen LogP contribution in [0, 0.1) is 35.0 Å². The minimum Gasteiger partial charge on any atom is -0.311 e. The molecule has 22 aliphatic carbocycles. The number of halogens is 1. The highest BCUT2D eigenvalue weighted by Gasteiger charge is 2.84. The van der Waals surface area contributed by atoms with Gasteiger partial charge < -0.3 is 4.90 Å². The first-order valence-electron chi connectivity index (χ1n) is 44.7. The number of alkyl halides is 1. The van der Waals surface area contributed by atoms with Gasteiger partial charge in [0.05, 0.1) is 0 Å². The molecule has 24 aliphatic rings. The van der Waals surface area contributed by atoms with E-state index in [2.05, 4.69) is 105 Å². The van der Waals surface area contributed by atoms with Gasteiger partial charge in [0.2, 0.25) is 0 Å². The first kappa shape index (κ1) is 56.3. The minimum absolute atomic E-state index is 0.289. The smallest absolute Gasteiger partial charge is 0.150 e. The number of benzene rings is 11. The third kappa shape index (κ3) is 5.24. The minimum atomic E-state index is 0.289. The van der Waals surface area contributed by atoms with Crippen molar-refractivity contribution >= 4 is 111 Å². The Morgan fingerprint density at radius 1 is 0.431 bits per heavy atom. The fourth-order valence-electron chi connectivity index (χ4n) is 39.5. The highest BCUT2D eigenvalue weighted by molar-refractivity contribution is 14.1. The van der Waals surface area contributed by atoms with E-state index in [0.29, 0.717) is 40.4 Å². The lowest BCUT2D eigenvalue weighted by Gasteiger charge is -2.71. The van der Waals surface area contributed by atoms with E-state index in [-0.39, 0.29) is 5.41 Å². The number of likely N-dealkylation sites (tertiary alicyclic amines) is 2. The number of rotatable bonds is 10. The average Bonchev–Trinajstić information content (AvgIpc) is 1.42. The Morgan fingerprint density at radius 3 is 1.78 bits per heavy atom. The van der Waals surface area contributed by atoms with Crippen molar-refractivity contribution in [2.45, 2.75) is 242 Å². The molecule has 2 saturated heterocycles. The summed E-state index contributed by atoms with van der Waals surface area (Å²) < 4.78 is 1.31. The van der Waals surface area contributed by atoms with Crippen LogP contribution in [0.4, 0.5) is 17.1 Å². The van der Waals surface area contributed by atoms with Crippen LogP contribution < -0.4 is 4.90 Å². The van der Waals surface area contributed by atoms with Crippen LogP contribution >= 0.6 is 22.6 Å². The van der Waals surface area contributed by atoms with Crippen molar-refractivity contribution in [1.82, 2.24) is 9.80 Å². The van der Waals surface area contributed by atoms with Gasteiger partial charge in [-0.2, -0.15) is 0 Å². The van der Waals surface area contributed by atoms with Crippen molar-refractivity contribution in [3.63, 3.8) is 0 Å². The predicted octanol–water partition coefficient (Wildman–Crippen LogP) is 24.8. The third-order valence-corrected chi connectivity index (χ3v) is 41.4. The Labute approximate surface area is 649 Å². The molecule has 0 radical (unpaired) electrons. The molecule has 3 fully saturated rings. The molecule has 5 heteroatoms. The van der Waals surface area contributed by atoms with Gasteiger partial charge in [0.15, 0.2) is 0 Å². The van der Waals surface area contributed by atoms with E-state index in [1.165, 1.54) is 169 Å². The standard InChI is InChI=1S/C104H86IN3O/c1-40-65-54-3-2-21-102-31-50-29-59-58-28-49-25-47-24-46(54)26-62-67(47)82-70(49)75(58)85-76(59)72(50)96-93-81(87(79(62)65)88(82)92(85)93)66(40)63(99(96)102)35-106(37-102)33-41-4-12-51(13-5-41)108(53-16-8-43(36-109)9-17-53)52-14-6-42(7-15-52)34-107-38-103-32-45-10-18-56-61-30-60-55(20-22-105)57-27-48-23-44-11-19-64-80-68(44)83-71(48)74(57)86-77(60)78(61)84-73(56)69(45)97-94-91(84)90(86)89(83)95(94)98(80)101(100(97)103)104(64,103)39-107/h4-9,12-17,36,44-50,54-61,63-64,99-101H,2-3,10-11,18-35,37-39H2,1H3/t44?,45?,46-,47?,48?,49?,50?,54?,55?,56?,57?,58?,59?,60?,61?,63?,64?,99?,100?,101?,102?,103?,104?/m0/s1. The highest BCUT2D eigenvalue weighted by atomic mass is 127. The second-order valence-corrected chi connectivity index (χ2v) is 44.1. The summed E-state index contributed by atoms with van der Waals surface area (Å²) in [7, 11) is 0. The summed E-state index contributed by atoms with van der Waals surface area (Å²) in [5.74, 6) is 14.9. The fourth-order valence-corrected chi connectivity index (χ4v) is 40.2. The Bertz CT molecular complexity index is 6730. The monoisotopic (exact) mass is 1520 g/mol. The van der Waals surface area contributed by atoms with Gasteiger partial charge in [-0.1, -0.05) is 53.3 Å². The van der Waals surface area contributed by atoms with Gasteiger partial charge in [-0.3, -0.25) is 14.6 Å². The lowest BCUT2D eigenvalue weighted by molar-refractivity contribution is -0.119. The normalized spacial score (nSPS) is 39.3. The summed E-state index contributed by atoms with van der Waals surface area (Å²) in [6.45, 7) is 9.71. The average molecular weight is 1520 g/mol. The molecule has 2 spiro atoms. The largest absolute Gasteiger partial charge is 0.311 e. The van der Waals surface area contributed by atoms with Crippen LogP contribution in [0.5, 0.6) is 0 Å². The van der Waals surface area contributed by atoms with Gasteiger partial charge in [-0.15, -0.1) is 0 Å². The second-order valence-electron chi connectivity index (χ2n) is 43.0. The first-order chi connectivity index (χ1) is 53.8. The number of nitrogens with zero attached hydrogens (tertiary/aromatic N) is 3. The summed E-state index contributed by atoms with van der Waals surface area (Å²) in [6.07, 6.45) is 26.7. The molecule has 2 heterocycles. The fraction of sp³-hybridized carbons (Fsp3) is 0.471. The van der Waals surface area contributed by atoms with Crippen LogP contribution in [0.15, 0.2) is 72.8 Å². The zero-order valence-electron chi connectivity index (χ0n) is 62.4. The SMILES string of the molecule is Cc1c2c3c4c5c6c7c8c9c%10c%11c%12c%13c(c-3c%11c84)C3C2CN(Cc2ccc(N(c4ccc(C=O)cc4)c4ccc(CN8CC%11%14CC%15CCC%16c%17c%15c%15c%18c%19c%17c%17c%20c%21c%22c%23c%24c%25c%26c(c-%18c%24c%21%19)C(C%15%11)C%14(C8)C%26CCC%25CC%23CC%22C(CCI)C%20CC%17%16)cc4)cc2)CC32CCCC(c15)[C@H](C6)CC7CC9CC%10C%12CC%13C2. The lowest BCUT2D eigenvalue weighted by Crippen LogP contribution is -2.65. The maximum Gasteiger partial charge on any atom is 0.150 e. The van der Waals surface area contributed by atoms with E-state index in [9.17, 15) is 4.79 Å². The number of anilines is 3. The quantitative estimate of drug-likeness (QED) is 0.0590. The highest BCUT2D eigenvalue weighted by Crippen LogP contribution is 2.93. The summed E-state index contributed by atoms with van der Waals surface area (Å²) in [6, 6.07) is 28.4. The van der Waals surface area contributed by atoms with Crippen LogP contribution in [0.25, 0.3) is 86.9 Å². The van der Waals surface area contributed by atoms with E-state index >= 15 is 0 Å². The van der Waals surface area contributed by atoms with Gasteiger partial charge in [0.25, 0.3) is 0 Å².